The fraction of sp³-hybridized carbons (Fsp3) is 0.240. The van der Waals surface area contributed by atoms with Gasteiger partial charge in [-0.1, -0.05) is 30.3 Å². The lowest BCUT2D eigenvalue weighted by Gasteiger charge is -2.14. The summed E-state index contributed by atoms with van der Waals surface area (Å²) < 4.78 is 27.8. The summed E-state index contributed by atoms with van der Waals surface area (Å²) in [6.45, 7) is 7.62. The third kappa shape index (κ3) is 4.67. The summed E-state index contributed by atoms with van der Waals surface area (Å²) in [5, 5.41) is 0. The Balaban J connectivity index is 0.00000272. The van der Waals surface area contributed by atoms with Gasteiger partial charge in [-0.15, -0.1) is 12.4 Å². The molecule has 0 saturated carbocycles. The minimum absolute atomic E-state index is 0. The number of rotatable bonds is 7. The Morgan fingerprint density at radius 3 is 2.55 bits per heavy atom. The van der Waals surface area contributed by atoms with Gasteiger partial charge in [-0.05, 0) is 50.1 Å². The van der Waals surface area contributed by atoms with E-state index in [0.717, 1.165) is 44.9 Å². The van der Waals surface area contributed by atoms with Gasteiger partial charge >= 0.3 is 0 Å². The Kier molecular flexibility index (Phi) is 7.18. The smallest absolute Gasteiger partial charge is 0.147 e. The molecular weight excluding hydrogens is 415 g/mol. The maximum absolute atomic E-state index is 13.7. The second-order valence-corrected chi connectivity index (χ2v) is 7.26. The van der Waals surface area contributed by atoms with E-state index in [2.05, 4.69) is 23.4 Å². The molecule has 0 aliphatic carbocycles. The number of ether oxygens (including phenoxy) is 2. The minimum Gasteiger partial charge on any atom is -0.493 e. The number of hydrogen-bond donors (Lipinski definition) is 0. The van der Waals surface area contributed by atoms with Gasteiger partial charge in [-0.3, -0.25) is 4.98 Å². The highest BCUT2D eigenvalue weighted by Gasteiger charge is 2.17. The Labute approximate surface area is 188 Å². The van der Waals surface area contributed by atoms with Crippen molar-refractivity contribution in [3.05, 3.63) is 89.0 Å². The molecule has 0 fully saturated rings. The molecule has 4 aromatic rings. The summed E-state index contributed by atoms with van der Waals surface area (Å²) in [7, 11) is 0. The van der Waals surface area contributed by atoms with Gasteiger partial charge < -0.3 is 14.0 Å². The second kappa shape index (κ2) is 9.84. The molecule has 0 bridgehead atoms. The molecule has 0 saturated heterocycles. The quantitative estimate of drug-likeness (QED) is 0.341. The molecule has 4 nitrogen and oxygen atoms in total. The van der Waals surface area contributed by atoms with Gasteiger partial charge in [-0.25, -0.2) is 4.39 Å². The number of aromatic nitrogens is 2. The van der Waals surface area contributed by atoms with E-state index in [9.17, 15) is 4.39 Å². The molecule has 0 aliphatic heterocycles. The number of fused-ring (bicyclic) bond motifs is 1. The van der Waals surface area contributed by atoms with Crippen LogP contribution in [0.1, 0.15) is 29.3 Å². The number of pyridine rings is 1. The van der Waals surface area contributed by atoms with E-state index in [0.29, 0.717) is 19.8 Å². The fourth-order valence-corrected chi connectivity index (χ4v) is 3.72. The largest absolute Gasteiger partial charge is 0.493 e. The standard InChI is InChI=1S/C25H25FN2O2.ClH/c1-4-29-22-11-6-5-9-20(22)16-30-23-12-13-27-24-17(2)18(3)28(25(23)24)15-19-8-7-10-21(26)14-19;/h5-14H,4,15-16H2,1-3H3;1H. The van der Waals surface area contributed by atoms with Crippen molar-refractivity contribution in [2.75, 3.05) is 6.61 Å². The van der Waals surface area contributed by atoms with E-state index in [1.54, 1.807) is 18.3 Å². The molecule has 0 N–H and O–H groups in total. The zero-order chi connectivity index (χ0) is 21.1. The SMILES string of the molecule is CCOc1ccccc1COc1ccnc2c(C)c(C)n(Cc3cccc(F)c3)c12.Cl. The lowest BCUT2D eigenvalue weighted by atomic mass is 10.2. The minimum atomic E-state index is -0.236. The molecule has 2 heterocycles. The Morgan fingerprint density at radius 2 is 1.77 bits per heavy atom. The zero-order valence-corrected chi connectivity index (χ0v) is 18.7. The van der Waals surface area contributed by atoms with Crippen molar-refractivity contribution < 1.29 is 13.9 Å². The fourth-order valence-electron chi connectivity index (χ4n) is 3.72. The molecule has 31 heavy (non-hydrogen) atoms. The number of nitrogens with zero attached hydrogens (tertiary/aromatic N) is 2. The highest BCUT2D eigenvalue weighted by atomic mass is 35.5. The maximum Gasteiger partial charge on any atom is 0.147 e. The summed E-state index contributed by atoms with van der Waals surface area (Å²) in [6.07, 6.45) is 1.77. The van der Waals surface area contributed by atoms with Crippen molar-refractivity contribution >= 4 is 23.4 Å². The first-order valence-corrected chi connectivity index (χ1v) is 10.1. The van der Waals surface area contributed by atoms with Crippen LogP contribution in [0.5, 0.6) is 11.5 Å². The molecule has 0 spiro atoms. The normalized spacial score (nSPS) is 10.7. The molecule has 6 heteroatoms. The third-order valence-electron chi connectivity index (χ3n) is 5.35. The average molecular weight is 441 g/mol. The predicted molar refractivity (Wildman–Crippen MR) is 124 cm³/mol. The Bertz CT molecular complexity index is 1190. The number of para-hydroxylation sites is 1. The molecular formula is C25H26ClFN2O2. The predicted octanol–water partition coefficient (Wildman–Crippen LogP) is 6.24. The Hall–Kier alpha value is -3.05. The monoisotopic (exact) mass is 440 g/mol. The first-order chi connectivity index (χ1) is 14.6. The van der Waals surface area contributed by atoms with Crippen LogP contribution in [-0.2, 0) is 13.2 Å². The highest BCUT2D eigenvalue weighted by Crippen LogP contribution is 2.32. The molecule has 2 aromatic carbocycles. The van der Waals surface area contributed by atoms with Crippen LogP contribution >= 0.6 is 12.4 Å². The van der Waals surface area contributed by atoms with Gasteiger partial charge in [0.1, 0.15) is 29.4 Å². The van der Waals surface area contributed by atoms with Crippen LogP contribution in [0.3, 0.4) is 0 Å². The van der Waals surface area contributed by atoms with Crippen molar-refractivity contribution in [2.24, 2.45) is 0 Å². The lowest BCUT2D eigenvalue weighted by Crippen LogP contribution is -2.05. The van der Waals surface area contributed by atoms with Crippen LogP contribution in [0.2, 0.25) is 0 Å². The second-order valence-electron chi connectivity index (χ2n) is 7.26. The van der Waals surface area contributed by atoms with Crippen molar-refractivity contribution in [2.45, 2.75) is 33.9 Å². The van der Waals surface area contributed by atoms with E-state index >= 15 is 0 Å². The van der Waals surface area contributed by atoms with Gasteiger partial charge in [0.2, 0.25) is 0 Å². The van der Waals surface area contributed by atoms with Crippen molar-refractivity contribution in [3.8, 4) is 11.5 Å². The molecule has 4 rings (SSSR count). The number of benzene rings is 2. The van der Waals surface area contributed by atoms with Gasteiger partial charge in [0, 0.05) is 30.1 Å². The van der Waals surface area contributed by atoms with Gasteiger partial charge in [0.05, 0.1) is 12.1 Å². The Morgan fingerprint density at radius 1 is 0.968 bits per heavy atom. The van der Waals surface area contributed by atoms with Crippen LogP contribution in [0.4, 0.5) is 4.39 Å². The summed E-state index contributed by atoms with van der Waals surface area (Å²) >= 11 is 0. The van der Waals surface area contributed by atoms with Crippen LogP contribution in [0, 0.1) is 19.7 Å². The van der Waals surface area contributed by atoms with Crippen molar-refractivity contribution in [1.82, 2.24) is 9.55 Å². The first-order valence-electron chi connectivity index (χ1n) is 10.1. The summed E-state index contributed by atoms with van der Waals surface area (Å²) in [4.78, 5) is 4.58. The molecule has 0 unspecified atom stereocenters. The lowest BCUT2D eigenvalue weighted by molar-refractivity contribution is 0.288. The van der Waals surface area contributed by atoms with Crippen LogP contribution in [0.15, 0.2) is 60.8 Å². The summed E-state index contributed by atoms with van der Waals surface area (Å²) in [5.41, 5.74) is 5.90. The van der Waals surface area contributed by atoms with E-state index in [1.807, 2.05) is 43.3 Å². The average Bonchev–Trinajstić information content (AvgIpc) is 2.99. The van der Waals surface area contributed by atoms with E-state index < -0.39 is 0 Å². The van der Waals surface area contributed by atoms with Gasteiger partial charge in [-0.2, -0.15) is 0 Å². The summed E-state index contributed by atoms with van der Waals surface area (Å²) in [5.74, 6) is 1.34. The van der Waals surface area contributed by atoms with Crippen LogP contribution < -0.4 is 9.47 Å². The van der Waals surface area contributed by atoms with E-state index in [4.69, 9.17) is 9.47 Å². The van der Waals surface area contributed by atoms with Gasteiger partial charge in [0.25, 0.3) is 0 Å². The van der Waals surface area contributed by atoms with Crippen molar-refractivity contribution in [1.29, 1.82) is 0 Å². The van der Waals surface area contributed by atoms with Crippen molar-refractivity contribution in [3.63, 3.8) is 0 Å². The third-order valence-corrected chi connectivity index (χ3v) is 5.35. The molecule has 2 aromatic heterocycles. The van der Waals surface area contributed by atoms with Crippen LogP contribution in [0.25, 0.3) is 11.0 Å². The molecule has 0 radical (unpaired) electrons. The topological polar surface area (TPSA) is 36.3 Å². The highest BCUT2D eigenvalue weighted by molar-refractivity contribution is 5.86. The number of hydrogen-bond acceptors (Lipinski definition) is 3. The first kappa shape index (κ1) is 22.6. The molecule has 162 valence electrons. The van der Waals surface area contributed by atoms with E-state index in [1.165, 1.54) is 6.07 Å². The van der Waals surface area contributed by atoms with E-state index in [-0.39, 0.29) is 18.2 Å². The van der Waals surface area contributed by atoms with Gasteiger partial charge in [0.15, 0.2) is 0 Å². The molecule has 0 atom stereocenters. The number of halogens is 2. The molecule has 0 aliphatic rings. The maximum atomic E-state index is 13.7. The van der Waals surface area contributed by atoms with Crippen LogP contribution in [-0.4, -0.2) is 16.2 Å². The number of aryl methyl sites for hydroxylation is 1. The zero-order valence-electron chi connectivity index (χ0n) is 17.9. The summed E-state index contributed by atoms with van der Waals surface area (Å²) in [6, 6.07) is 16.5. The molecule has 0 amide bonds.